The Morgan fingerprint density at radius 1 is 0.636 bits per heavy atom. The van der Waals surface area contributed by atoms with Crippen molar-refractivity contribution in [3.63, 3.8) is 0 Å². The zero-order valence-corrected chi connectivity index (χ0v) is 17.8. The maximum atomic E-state index is 12.0. The van der Waals surface area contributed by atoms with Crippen LogP contribution >= 0.6 is 0 Å². The monoisotopic (exact) mass is 427 g/mol. The van der Waals surface area contributed by atoms with E-state index in [2.05, 4.69) is 88.5 Å². The number of hydrogen-bond donors (Lipinski definition) is 1. The molecule has 4 aromatic carbocycles. The summed E-state index contributed by atoms with van der Waals surface area (Å²) < 4.78 is 2.09. The van der Waals surface area contributed by atoms with E-state index < -0.39 is 5.54 Å². The van der Waals surface area contributed by atoms with Crippen LogP contribution in [0.2, 0.25) is 0 Å². The molecule has 0 radical (unpaired) electrons. The minimum Gasteiger partial charge on any atom is -0.322 e. The lowest BCUT2D eigenvalue weighted by atomic mass is 9.77. The van der Waals surface area contributed by atoms with E-state index >= 15 is 0 Å². The number of aromatic nitrogens is 3. The Morgan fingerprint density at radius 2 is 1.18 bits per heavy atom. The zero-order valence-electron chi connectivity index (χ0n) is 17.8. The predicted octanol–water partition coefficient (Wildman–Crippen LogP) is 5.72. The number of H-pyrrole nitrogens is 1. The van der Waals surface area contributed by atoms with Crippen LogP contribution in [0.5, 0.6) is 0 Å². The molecule has 1 N–H and O–H groups in total. The van der Waals surface area contributed by atoms with Crippen molar-refractivity contribution < 1.29 is 0 Å². The number of aromatic amines is 1. The molecular weight excluding hydrogens is 406 g/mol. The molecule has 4 nitrogen and oxygen atoms in total. The first kappa shape index (κ1) is 19.3. The van der Waals surface area contributed by atoms with Crippen molar-refractivity contribution in [3.05, 3.63) is 149 Å². The maximum absolute atomic E-state index is 12.0. The van der Waals surface area contributed by atoms with Crippen LogP contribution < -0.4 is 5.56 Å². The van der Waals surface area contributed by atoms with Crippen LogP contribution in [0.3, 0.4) is 0 Å². The summed E-state index contributed by atoms with van der Waals surface area (Å²) in [5.74, 6) is 0. The van der Waals surface area contributed by atoms with Gasteiger partial charge in [-0.25, -0.2) is 4.68 Å². The summed E-state index contributed by atoms with van der Waals surface area (Å²) in [5, 5.41) is 6.96. The van der Waals surface area contributed by atoms with Crippen molar-refractivity contribution >= 4 is 21.8 Å². The van der Waals surface area contributed by atoms with Crippen LogP contribution in [0.4, 0.5) is 0 Å². The van der Waals surface area contributed by atoms with Gasteiger partial charge in [-0.1, -0.05) is 91.0 Å². The molecule has 2 aromatic heterocycles. The molecule has 0 atom stereocenters. The molecule has 0 aliphatic rings. The number of pyridine rings is 1. The van der Waals surface area contributed by atoms with E-state index in [1.807, 2.05) is 36.5 Å². The Morgan fingerprint density at radius 3 is 1.73 bits per heavy atom. The summed E-state index contributed by atoms with van der Waals surface area (Å²) in [6, 6.07) is 38.9. The van der Waals surface area contributed by atoms with Crippen LogP contribution in [0.25, 0.3) is 21.8 Å². The first-order valence-electron chi connectivity index (χ1n) is 10.9. The smallest absolute Gasteiger partial charge is 0.248 e. The van der Waals surface area contributed by atoms with Gasteiger partial charge in [-0.3, -0.25) is 4.79 Å². The maximum Gasteiger partial charge on any atom is 0.248 e. The summed E-state index contributed by atoms with van der Waals surface area (Å²) in [7, 11) is 0. The molecule has 0 aliphatic heterocycles. The van der Waals surface area contributed by atoms with Crippen LogP contribution in [-0.2, 0) is 5.54 Å². The van der Waals surface area contributed by atoms with E-state index in [9.17, 15) is 4.79 Å². The highest BCUT2D eigenvalue weighted by Crippen LogP contribution is 2.42. The van der Waals surface area contributed by atoms with Gasteiger partial charge in [-0.05, 0) is 40.3 Å². The number of hydrogen-bond acceptors (Lipinski definition) is 2. The average Bonchev–Trinajstić information content (AvgIpc) is 3.28. The highest BCUT2D eigenvalue weighted by Gasteiger charge is 2.40. The minimum absolute atomic E-state index is 0.117. The van der Waals surface area contributed by atoms with Crippen LogP contribution in [-0.4, -0.2) is 14.8 Å². The third-order valence-corrected chi connectivity index (χ3v) is 6.30. The molecule has 0 saturated heterocycles. The molecule has 158 valence electrons. The number of nitrogens with one attached hydrogen (secondary N) is 1. The van der Waals surface area contributed by atoms with Gasteiger partial charge in [0.1, 0.15) is 5.54 Å². The fourth-order valence-electron chi connectivity index (χ4n) is 4.85. The summed E-state index contributed by atoms with van der Waals surface area (Å²) in [5.41, 5.74) is 4.24. The van der Waals surface area contributed by atoms with Crippen molar-refractivity contribution in [1.82, 2.24) is 14.8 Å². The Bertz CT molecular complexity index is 1520. The Kier molecular flexibility index (Phi) is 4.44. The highest BCUT2D eigenvalue weighted by molar-refractivity contribution is 5.95. The van der Waals surface area contributed by atoms with Crippen molar-refractivity contribution in [2.75, 3.05) is 0 Å². The molecule has 0 spiro atoms. The molecule has 0 bridgehead atoms. The summed E-state index contributed by atoms with van der Waals surface area (Å²) in [4.78, 5) is 15.0. The van der Waals surface area contributed by atoms with Gasteiger partial charge in [-0.2, -0.15) is 5.10 Å². The van der Waals surface area contributed by atoms with E-state index in [0.29, 0.717) is 0 Å². The number of nitrogens with zero attached hydrogens (tertiary/aromatic N) is 2. The number of rotatable bonds is 4. The van der Waals surface area contributed by atoms with Gasteiger partial charge in [-0.15, -0.1) is 0 Å². The topological polar surface area (TPSA) is 50.7 Å². The van der Waals surface area contributed by atoms with E-state index in [4.69, 9.17) is 5.10 Å². The highest BCUT2D eigenvalue weighted by atomic mass is 16.1. The second kappa shape index (κ2) is 7.61. The summed E-state index contributed by atoms with van der Waals surface area (Å²) in [6.45, 7) is 0. The molecule has 33 heavy (non-hydrogen) atoms. The molecule has 6 rings (SSSR count). The second-order valence-corrected chi connectivity index (χ2v) is 8.19. The molecule has 0 amide bonds. The van der Waals surface area contributed by atoms with Gasteiger partial charge >= 0.3 is 0 Å². The van der Waals surface area contributed by atoms with E-state index in [1.165, 1.54) is 0 Å². The SMILES string of the molecule is O=c1ccc2cc3cnn(C(c4ccccc4)(c4ccccc4)c4ccccc4)c3cc2[nH]1. The average molecular weight is 428 g/mol. The quantitative estimate of drug-likeness (QED) is 0.366. The second-order valence-electron chi connectivity index (χ2n) is 8.19. The number of fused-ring (bicyclic) bond motifs is 2. The van der Waals surface area contributed by atoms with Gasteiger partial charge in [0.15, 0.2) is 0 Å². The van der Waals surface area contributed by atoms with E-state index in [-0.39, 0.29) is 5.56 Å². The van der Waals surface area contributed by atoms with Gasteiger partial charge in [0, 0.05) is 11.5 Å². The first-order chi connectivity index (χ1) is 16.3. The van der Waals surface area contributed by atoms with Gasteiger partial charge < -0.3 is 4.98 Å². The molecule has 0 saturated carbocycles. The molecule has 0 unspecified atom stereocenters. The molecule has 0 aliphatic carbocycles. The fourth-order valence-corrected chi connectivity index (χ4v) is 4.85. The normalized spacial score (nSPS) is 11.8. The van der Waals surface area contributed by atoms with Crippen LogP contribution in [0.15, 0.2) is 126 Å². The minimum atomic E-state index is -0.700. The van der Waals surface area contributed by atoms with Crippen molar-refractivity contribution in [2.24, 2.45) is 0 Å². The van der Waals surface area contributed by atoms with Crippen molar-refractivity contribution in [2.45, 2.75) is 5.54 Å². The summed E-state index contributed by atoms with van der Waals surface area (Å²) in [6.07, 6.45) is 1.91. The lowest BCUT2D eigenvalue weighted by Crippen LogP contribution is -2.38. The molecule has 4 heteroatoms. The van der Waals surface area contributed by atoms with Crippen molar-refractivity contribution in [1.29, 1.82) is 0 Å². The molecule has 0 fully saturated rings. The predicted molar refractivity (Wildman–Crippen MR) is 132 cm³/mol. The molecule has 6 aromatic rings. The summed E-state index contributed by atoms with van der Waals surface area (Å²) >= 11 is 0. The molecular formula is C29H21N3O. The van der Waals surface area contributed by atoms with Gasteiger partial charge in [0.25, 0.3) is 0 Å². The van der Waals surface area contributed by atoms with Gasteiger partial charge in [0.05, 0.1) is 17.2 Å². The zero-order chi connectivity index (χ0) is 22.3. The molecule has 2 heterocycles. The van der Waals surface area contributed by atoms with E-state index in [1.54, 1.807) is 6.07 Å². The first-order valence-corrected chi connectivity index (χ1v) is 10.9. The van der Waals surface area contributed by atoms with Gasteiger partial charge in [0.2, 0.25) is 5.56 Å². The third-order valence-electron chi connectivity index (χ3n) is 6.30. The standard InChI is InChI=1S/C29H21N3O/c33-28-17-16-21-18-22-20-30-32(27(22)19-26(21)31-28)29(23-10-4-1-5-11-23,24-12-6-2-7-13-24)25-14-8-3-9-15-25/h1-20H,(H,31,33). The van der Waals surface area contributed by atoms with Crippen molar-refractivity contribution in [3.8, 4) is 0 Å². The van der Waals surface area contributed by atoms with E-state index in [0.717, 1.165) is 38.5 Å². The third kappa shape index (κ3) is 2.99. The Balaban J connectivity index is 1.79. The number of benzene rings is 4. The Labute approximate surface area is 190 Å². The van der Waals surface area contributed by atoms with Crippen LogP contribution in [0.1, 0.15) is 16.7 Å². The van der Waals surface area contributed by atoms with Crippen LogP contribution in [0, 0.1) is 0 Å². The largest absolute Gasteiger partial charge is 0.322 e. The lowest BCUT2D eigenvalue weighted by Gasteiger charge is -2.37. The fraction of sp³-hybridized carbons (Fsp3) is 0.0345. The lowest BCUT2D eigenvalue weighted by molar-refractivity contribution is 0.476. The Hall–Kier alpha value is -4.44.